The van der Waals surface area contributed by atoms with E-state index < -0.39 is 42.5 Å². The number of nitrogens with two attached hydrogens (primary N) is 1. The summed E-state index contributed by atoms with van der Waals surface area (Å²) in [4.78, 5) is -0.458. The number of halogens is 4. The molecule has 8 nitrogen and oxygen atoms in total. The van der Waals surface area contributed by atoms with E-state index in [2.05, 4.69) is 10.5 Å². The summed E-state index contributed by atoms with van der Waals surface area (Å²) in [5.74, 6) is 0. The summed E-state index contributed by atoms with van der Waals surface area (Å²) >= 11 is 0. The highest BCUT2D eigenvalue weighted by atomic mass is 32.3. The second-order valence-electron chi connectivity index (χ2n) is 3.35. The fraction of sp³-hybridized carbons (Fsp3) is 1.00. The van der Waals surface area contributed by atoms with Crippen LogP contribution < -0.4 is 5.73 Å². The molecule has 14 heteroatoms. The summed E-state index contributed by atoms with van der Waals surface area (Å²) in [7, 11) is -3.75. The van der Waals surface area contributed by atoms with Crippen molar-refractivity contribution in [1.29, 1.82) is 0 Å². The number of ether oxygens (including phenoxy) is 1. The van der Waals surface area contributed by atoms with Crippen molar-refractivity contribution in [2.24, 2.45) is 5.73 Å². The summed E-state index contributed by atoms with van der Waals surface area (Å²) in [5.41, 5.74) is 4.50. The van der Waals surface area contributed by atoms with Crippen molar-refractivity contribution in [3.8, 4) is 0 Å². The SMILES string of the molecule is CN.CN1C(F)(F)OC1(F)F.CN1S(=O)(=O)CS1(=O)=O. The van der Waals surface area contributed by atoms with Crippen molar-refractivity contribution in [2.75, 3.05) is 26.2 Å². The average Bonchev–Trinajstić information content (AvgIpc) is 2.29. The second kappa shape index (κ2) is 5.69. The van der Waals surface area contributed by atoms with Crippen LogP contribution in [-0.2, 0) is 24.8 Å². The van der Waals surface area contributed by atoms with Gasteiger partial charge in [-0.25, -0.2) is 21.6 Å². The first-order valence-corrected chi connectivity index (χ1v) is 7.91. The first kappa shape index (κ1) is 19.5. The van der Waals surface area contributed by atoms with Gasteiger partial charge in [-0.15, -0.1) is 4.90 Å². The number of nitrogens with zero attached hydrogens (tertiary/aromatic N) is 2. The molecule has 2 N–H and O–H groups in total. The quantitative estimate of drug-likeness (QED) is 0.450. The highest BCUT2D eigenvalue weighted by Crippen LogP contribution is 2.44. The van der Waals surface area contributed by atoms with Crippen molar-refractivity contribution >= 4 is 20.0 Å². The Morgan fingerprint density at radius 2 is 1.25 bits per heavy atom. The van der Waals surface area contributed by atoms with Crippen molar-refractivity contribution in [1.82, 2.24) is 8.61 Å². The molecule has 0 aromatic rings. The lowest BCUT2D eigenvalue weighted by Gasteiger charge is -2.42. The third-order valence-electron chi connectivity index (χ3n) is 2.11. The van der Waals surface area contributed by atoms with E-state index in [1.807, 2.05) is 0 Å². The van der Waals surface area contributed by atoms with E-state index >= 15 is 0 Å². The molecule has 0 spiro atoms. The third-order valence-corrected chi connectivity index (χ3v) is 7.42. The molecule has 0 bridgehead atoms. The standard InChI is InChI=1S/C3H3F4NO.C2H5NO4S2.CH5N/c1-8-2(4,5)9-3(8,6)7;1-3-8(4,5)2-9(3,6)7;1-2/h1H3;2H2,1H3;2H2,1H3. The fourth-order valence-electron chi connectivity index (χ4n) is 0.856. The molecule has 2 saturated heterocycles. The van der Waals surface area contributed by atoms with Crippen molar-refractivity contribution in [3.05, 3.63) is 0 Å². The summed E-state index contributed by atoms with van der Waals surface area (Å²) in [6.07, 6.45) is -7.60. The second-order valence-corrected chi connectivity index (χ2v) is 7.95. The highest BCUT2D eigenvalue weighted by molar-refractivity contribution is 8.19. The van der Waals surface area contributed by atoms with Crippen LogP contribution in [0.3, 0.4) is 0 Å². The summed E-state index contributed by atoms with van der Waals surface area (Å²) in [6.45, 7) is 0. The van der Waals surface area contributed by atoms with Crippen LogP contribution in [0.25, 0.3) is 0 Å². The minimum absolute atomic E-state index is 0.375. The lowest BCUT2D eigenvalue weighted by Crippen LogP contribution is -2.66. The molecular weight excluding hydrogens is 334 g/mol. The van der Waals surface area contributed by atoms with Crippen LogP contribution in [0.5, 0.6) is 0 Å². The molecular formula is C6H13F4N3O5S2. The lowest BCUT2D eigenvalue weighted by atomic mass is 10.6. The highest BCUT2D eigenvalue weighted by Gasteiger charge is 2.67. The number of sulfonamides is 2. The molecule has 2 fully saturated rings. The normalized spacial score (nSPS) is 28.6. The maximum atomic E-state index is 11.7. The Bertz CT molecular complexity index is 503. The molecule has 0 saturated carbocycles. The molecule has 0 radical (unpaired) electrons. The zero-order valence-corrected chi connectivity index (χ0v) is 12.2. The van der Waals surface area contributed by atoms with E-state index in [1.165, 1.54) is 7.05 Å². The molecule has 0 atom stereocenters. The van der Waals surface area contributed by atoms with E-state index in [0.29, 0.717) is 10.8 Å². The molecule has 20 heavy (non-hydrogen) atoms. The van der Waals surface area contributed by atoms with Gasteiger partial charge in [0, 0.05) is 14.1 Å². The van der Waals surface area contributed by atoms with Gasteiger partial charge in [0.05, 0.1) is 0 Å². The van der Waals surface area contributed by atoms with Crippen molar-refractivity contribution in [3.63, 3.8) is 0 Å². The zero-order valence-electron chi connectivity index (χ0n) is 10.5. The van der Waals surface area contributed by atoms with Crippen LogP contribution in [0.15, 0.2) is 0 Å². The first-order chi connectivity index (χ1) is 8.72. The van der Waals surface area contributed by atoms with E-state index in [9.17, 15) is 34.4 Å². The first-order valence-electron chi connectivity index (χ1n) is 4.69. The number of rotatable bonds is 0. The largest absolute Gasteiger partial charge is 0.436 e. The summed E-state index contributed by atoms with van der Waals surface area (Å²) in [6, 6.07) is 0. The van der Waals surface area contributed by atoms with Gasteiger partial charge in [-0.2, -0.15) is 17.6 Å². The summed E-state index contributed by atoms with van der Waals surface area (Å²) in [5, 5.41) is -0.740. The topological polar surface area (TPSA) is 110 Å². The minimum atomic E-state index is -3.80. The Morgan fingerprint density at radius 1 is 0.950 bits per heavy atom. The number of hydrogen-bond donors (Lipinski definition) is 1. The van der Waals surface area contributed by atoms with E-state index in [-0.39, 0.29) is 0 Å². The Hall–Kier alpha value is -0.540. The molecule has 122 valence electrons. The van der Waals surface area contributed by atoms with E-state index in [1.54, 1.807) is 0 Å². The smallest absolute Gasteiger partial charge is 0.333 e. The summed E-state index contributed by atoms with van der Waals surface area (Å²) < 4.78 is 91.4. The van der Waals surface area contributed by atoms with Crippen LogP contribution in [0, 0.1) is 0 Å². The predicted molar refractivity (Wildman–Crippen MR) is 59.3 cm³/mol. The average molecular weight is 347 g/mol. The van der Waals surface area contributed by atoms with Gasteiger partial charge in [0.15, 0.2) is 5.08 Å². The van der Waals surface area contributed by atoms with Crippen molar-refractivity contribution < 1.29 is 39.1 Å². The Labute approximate surface area is 113 Å². The Kier molecular flexibility index (Phi) is 5.53. The van der Waals surface area contributed by atoms with Gasteiger partial charge in [-0.1, -0.05) is 3.71 Å². The number of alkyl halides is 4. The molecule has 2 heterocycles. The lowest BCUT2D eigenvalue weighted by molar-refractivity contribution is -0.584. The maximum absolute atomic E-state index is 11.7. The molecule has 0 aromatic heterocycles. The van der Waals surface area contributed by atoms with Gasteiger partial charge >= 0.3 is 12.5 Å². The zero-order chi connectivity index (χ0) is 16.6. The van der Waals surface area contributed by atoms with Gasteiger partial charge in [-0.3, -0.25) is 0 Å². The molecule has 0 aromatic carbocycles. The number of hydrogen-bond acceptors (Lipinski definition) is 7. The van der Waals surface area contributed by atoms with Crippen molar-refractivity contribution in [2.45, 2.75) is 12.5 Å². The molecule has 0 unspecified atom stereocenters. The molecule has 2 aliphatic heterocycles. The Morgan fingerprint density at radius 3 is 1.25 bits per heavy atom. The maximum Gasteiger partial charge on any atom is 0.436 e. The minimum Gasteiger partial charge on any atom is -0.333 e. The monoisotopic (exact) mass is 347 g/mol. The molecule has 0 aliphatic carbocycles. The molecule has 2 rings (SSSR count). The van der Waals surface area contributed by atoms with E-state index in [4.69, 9.17) is 0 Å². The van der Waals surface area contributed by atoms with Crippen LogP contribution in [0.2, 0.25) is 0 Å². The molecule has 2 aliphatic rings. The van der Waals surface area contributed by atoms with Crippen LogP contribution in [0.4, 0.5) is 17.6 Å². The van der Waals surface area contributed by atoms with Gasteiger partial charge in [0.25, 0.3) is 0 Å². The third kappa shape index (κ3) is 3.76. The van der Waals surface area contributed by atoms with Gasteiger partial charge in [0.2, 0.25) is 20.0 Å². The fourth-order valence-corrected chi connectivity index (χ4v) is 4.52. The van der Waals surface area contributed by atoms with E-state index in [0.717, 1.165) is 7.05 Å². The van der Waals surface area contributed by atoms with Crippen LogP contribution >= 0.6 is 0 Å². The van der Waals surface area contributed by atoms with Crippen LogP contribution in [0.1, 0.15) is 0 Å². The van der Waals surface area contributed by atoms with Gasteiger partial charge in [0.1, 0.15) is 0 Å². The predicted octanol–water partition coefficient (Wildman–Crippen LogP) is -0.827. The van der Waals surface area contributed by atoms with Crippen LogP contribution in [-0.4, -0.2) is 64.1 Å². The van der Waals surface area contributed by atoms with Gasteiger partial charge in [-0.05, 0) is 7.05 Å². The Balaban J connectivity index is 0.000000321. The van der Waals surface area contributed by atoms with Gasteiger partial charge < -0.3 is 5.73 Å². The molecule has 0 amide bonds.